The van der Waals surface area contributed by atoms with Crippen molar-refractivity contribution in [1.29, 1.82) is 0 Å². The molecule has 4 heterocycles. The number of nitrogens with two attached hydrogens (primary N) is 2. The van der Waals surface area contributed by atoms with Crippen LogP contribution in [0.3, 0.4) is 0 Å². The Labute approximate surface area is 158 Å². The van der Waals surface area contributed by atoms with E-state index < -0.39 is 24.5 Å². The second-order valence-corrected chi connectivity index (χ2v) is 8.02. The Morgan fingerprint density at radius 2 is 2.19 bits per heavy atom. The third-order valence-electron chi connectivity index (χ3n) is 4.93. The molecule has 6 atom stereocenters. The molecule has 0 spiro atoms. The average Bonchev–Trinajstić information content (AvgIpc) is 3.34. The lowest BCUT2D eigenvalue weighted by Gasteiger charge is -2.17. The van der Waals surface area contributed by atoms with Crippen LogP contribution in [-0.2, 0) is 9.53 Å². The van der Waals surface area contributed by atoms with Gasteiger partial charge in [-0.05, 0) is 6.42 Å². The summed E-state index contributed by atoms with van der Waals surface area (Å²) in [5.41, 5.74) is 11.9. The number of rotatable bonds is 5. The van der Waals surface area contributed by atoms with E-state index in [4.69, 9.17) is 16.2 Å². The highest BCUT2D eigenvalue weighted by atomic mass is 32.2. The Hall–Kier alpha value is -1.99. The van der Waals surface area contributed by atoms with Gasteiger partial charge in [0, 0.05) is 17.5 Å². The van der Waals surface area contributed by atoms with E-state index >= 15 is 0 Å². The number of hydrogen-bond acceptors (Lipinski definition) is 10. The summed E-state index contributed by atoms with van der Waals surface area (Å²) in [6.45, 7) is 0.662. The number of fused-ring (bicyclic) bond motifs is 1. The molecule has 0 saturated carbocycles. The van der Waals surface area contributed by atoms with Crippen molar-refractivity contribution in [2.24, 2.45) is 5.73 Å². The molecule has 0 bridgehead atoms. The minimum Gasteiger partial charge on any atom is -0.387 e. The van der Waals surface area contributed by atoms with Crippen molar-refractivity contribution < 1.29 is 19.7 Å². The number of nitrogens with one attached hydrogen (secondary N) is 1. The van der Waals surface area contributed by atoms with Crippen LogP contribution in [0.2, 0.25) is 0 Å². The average molecular weight is 395 g/mol. The molecule has 2 aromatic rings. The normalized spacial score (nSPS) is 33.7. The number of carbonyl (C=O) groups is 1. The van der Waals surface area contributed by atoms with Gasteiger partial charge < -0.3 is 31.7 Å². The fraction of sp³-hybridized carbons (Fsp3) is 0.600. The Kier molecular flexibility index (Phi) is 4.90. The Balaban J connectivity index is 1.43. The van der Waals surface area contributed by atoms with Gasteiger partial charge in [0.05, 0.1) is 18.5 Å². The highest BCUT2D eigenvalue weighted by Crippen LogP contribution is 2.34. The molecule has 11 nitrogen and oxygen atoms in total. The maximum Gasteiger partial charge on any atom is 0.234 e. The fourth-order valence-corrected chi connectivity index (χ4v) is 4.71. The predicted molar refractivity (Wildman–Crippen MR) is 97.5 cm³/mol. The van der Waals surface area contributed by atoms with Crippen LogP contribution in [0.15, 0.2) is 12.7 Å². The van der Waals surface area contributed by atoms with Crippen molar-refractivity contribution in [3.8, 4) is 0 Å². The maximum absolute atomic E-state index is 11.2. The van der Waals surface area contributed by atoms with E-state index in [0.717, 1.165) is 0 Å². The van der Waals surface area contributed by atoms with E-state index in [-0.39, 0.29) is 23.0 Å². The van der Waals surface area contributed by atoms with E-state index in [0.29, 0.717) is 29.9 Å². The van der Waals surface area contributed by atoms with Crippen LogP contribution in [-0.4, -0.2) is 77.5 Å². The van der Waals surface area contributed by atoms with Crippen LogP contribution in [0.4, 0.5) is 5.82 Å². The molecule has 0 aromatic carbocycles. The summed E-state index contributed by atoms with van der Waals surface area (Å²) in [5.74, 6) is 0.339. The molecule has 2 fully saturated rings. The Morgan fingerprint density at radius 1 is 1.37 bits per heavy atom. The molecular formula is C15H21N7O4S. The number of hydrogen-bond donors (Lipinski definition) is 5. The molecule has 4 rings (SSSR count). The van der Waals surface area contributed by atoms with Gasteiger partial charge in [0.2, 0.25) is 5.91 Å². The number of aliphatic hydroxyl groups is 2. The van der Waals surface area contributed by atoms with E-state index in [1.54, 1.807) is 16.3 Å². The van der Waals surface area contributed by atoms with Crippen LogP contribution in [0, 0.1) is 0 Å². The molecule has 12 heteroatoms. The van der Waals surface area contributed by atoms with Gasteiger partial charge in [0.15, 0.2) is 17.7 Å². The first kappa shape index (κ1) is 18.4. The summed E-state index contributed by atoms with van der Waals surface area (Å²) in [5, 5.41) is 24.1. The molecule has 0 unspecified atom stereocenters. The number of anilines is 1. The lowest BCUT2D eigenvalue weighted by Crippen LogP contribution is -2.36. The summed E-state index contributed by atoms with van der Waals surface area (Å²) in [6.07, 6.45) is -0.182. The molecular weight excluding hydrogens is 374 g/mol. The highest BCUT2D eigenvalue weighted by molar-refractivity contribution is 8.00. The summed E-state index contributed by atoms with van der Waals surface area (Å²) >= 11 is 1.58. The summed E-state index contributed by atoms with van der Waals surface area (Å²) in [6, 6.07) is -0.322. The lowest BCUT2D eigenvalue weighted by molar-refractivity contribution is -0.119. The van der Waals surface area contributed by atoms with Crippen LogP contribution in [0.5, 0.6) is 0 Å². The van der Waals surface area contributed by atoms with E-state index in [9.17, 15) is 15.0 Å². The summed E-state index contributed by atoms with van der Waals surface area (Å²) < 4.78 is 7.45. The molecule has 2 aromatic heterocycles. The van der Waals surface area contributed by atoms with Gasteiger partial charge >= 0.3 is 0 Å². The third-order valence-corrected chi connectivity index (χ3v) is 6.28. The van der Waals surface area contributed by atoms with Gasteiger partial charge in [-0.3, -0.25) is 9.36 Å². The molecule has 146 valence electrons. The first-order valence-electron chi connectivity index (χ1n) is 8.54. The number of aliphatic hydroxyl groups excluding tert-OH is 2. The topological polar surface area (TPSA) is 174 Å². The molecule has 1 amide bonds. The van der Waals surface area contributed by atoms with Crippen LogP contribution >= 0.6 is 11.8 Å². The molecule has 2 saturated heterocycles. The number of aromatic nitrogens is 4. The van der Waals surface area contributed by atoms with Crippen molar-refractivity contribution in [2.45, 2.75) is 42.3 Å². The zero-order chi connectivity index (χ0) is 19.1. The highest BCUT2D eigenvalue weighted by Gasteiger charge is 2.44. The van der Waals surface area contributed by atoms with Gasteiger partial charge in [-0.1, -0.05) is 0 Å². The van der Waals surface area contributed by atoms with E-state index in [1.165, 1.54) is 12.7 Å². The second kappa shape index (κ2) is 7.20. The SMILES string of the molecule is NC(=O)[C@@H]1C[C@H](SC[C@H]2O[C@@H](n3cnc4c(N)ncnc43)[C@H](O)[C@@H]2O)CN1. The van der Waals surface area contributed by atoms with Crippen molar-refractivity contribution in [3.05, 3.63) is 12.7 Å². The molecule has 27 heavy (non-hydrogen) atoms. The standard InChI is InChI=1S/C15H21N7O4S/c16-12-9-14(20-4-19-12)22(5-21-9)15-11(24)10(23)8(26-15)3-27-6-1-7(13(17)25)18-2-6/h4-8,10-11,15,18,23-24H,1-3H2,(H2,17,25)(H2,16,19,20)/t6-,7-,8+,10+,11+,15+/m0/s1. The largest absolute Gasteiger partial charge is 0.387 e. The van der Waals surface area contributed by atoms with Gasteiger partial charge in [0.25, 0.3) is 0 Å². The number of thioether (sulfide) groups is 1. The minimum atomic E-state index is -1.13. The number of nitrogens with zero attached hydrogens (tertiary/aromatic N) is 4. The predicted octanol–water partition coefficient (Wildman–Crippen LogP) is -2.02. The maximum atomic E-state index is 11.2. The second-order valence-electron chi connectivity index (χ2n) is 6.68. The lowest BCUT2D eigenvalue weighted by atomic mass is 10.1. The number of carbonyl (C=O) groups excluding carboxylic acids is 1. The molecule has 0 aliphatic carbocycles. The van der Waals surface area contributed by atoms with Crippen molar-refractivity contribution in [1.82, 2.24) is 24.8 Å². The number of nitrogen functional groups attached to an aromatic ring is 1. The van der Waals surface area contributed by atoms with Gasteiger partial charge in [-0.15, -0.1) is 0 Å². The van der Waals surface area contributed by atoms with Crippen LogP contribution in [0.1, 0.15) is 12.6 Å². The Bertz CT molecular complexity index is 849. The number of imidazole rings is 1. The van der Waals surface area contributed by atoms with Crippen molar-refractivity contribution >= 4 is 34.7 Å². The van der Waals surface area contributed by atoms with E-state index in [2.05, 4.69) is 20.3 Å². The molecule has 2 aliphatic heterocycles. The monoisotopic (exact) mass is 395 g/mol. The third kappa shape index (κ3) is 3.34. The van der Waals surface area contributed by atoms with Crippen molar-refractivity contribution in [2.75, 3.05) is 18.0 Å². The van der Waals surface area contributed by atoms with Crippen LogP contribution in [0.25, 0.3) is 11.2 Å². The number of amides is 1. The minimum absolute atomic E-state index is 0.191. The van der Waals surface area contributed by atoms with Gasteiger partial charge in [0.1, 0.15) is 24.1 Å². The molecule has 0 radical (unpaired) electrons. The smallest absolute Gasteiger partial charge is 0.234 e. The van der Waals surface area contributed by atoms with Gasteiger partial charge in [-0.25, -0.2) is 15.0 Å². The van der Waals surface area contributed by atoms with Crippen molar-refractivity contribution in [3.63, 3.8) is 0 Å². The zero-order valence-electron chi connectivity index (χ0n) is 14.3. The number of ether oxygens (including phenoxy) is 1. The summed E-state index contributed by atoms with van der Waals surface area (Å²) in [7, 11) is 0. The summed E-state index contributed by atoms with van der Waals surface area (Å²) in [4.78, 5) is 23.4. The fourth-order valence-electron chi connectivity index (χ4n) is 3.43. The first-order valence-corrected chi connectivity index (χ1v) is 9.59. The molecule has 7 N–H and O–H groups in total. The zero-order valence-corrected chi connectivity index (χ0v) is 15.1. The molecule has 2 aliphatic rings. The van der Waals surface area contributed by atoms with E-state index in [1.807, 2.05) is 0 Å². The first-order chi connectivity index (χ1) is 13.0. The Morgan fingerprint density at radius 3 is 2.93 bits per heavy atom. The van der Waals surface area contributed by atoms with Crippen LogP contribution < -0.4 is 16.8 Å². The number of primary amides is 1. The quantitative estimate of drug-likeness (QED) is 0.380. The van der Waals surface area contributed by atoms with Gasteiger partial charge in [-0.2, -0.15) is 11.8 Å².